The van der Waals surface area contributed by atoms with E-state index in [1.165, 1.54) is 0 Å². The van der Waals surface area contributed by atoms with Crippen molar-refractivity contribution in [2.45, 2.75) is 13.5 Å². The SMILES string of the molecule is Cc1ccnn1Cc1nc2c3ccsc3ncn2n1. The van der Waals surface area contributed by atoms with E-state index in [1.807, 2.05) is 29.1 Å². The van der Waals surface area contributed by atoms with Gasteiger partial charge in [0.25, 0.3) is 0 Å². The third-order valence-electron chi connectivity index (χ3n) is 3.07. The Morgan fingerprint density at radius 1 is 1.32 bits per heavy atom. The fourth-order valence-electron chi connectivity index (χ4n) is 2.08. The van der Waals surface area contributed by atoms with Gasteiger partial charge in [0.1, 0.15) is 17.7 Å². The molecule has 19 heavy (non-hydrogen) atoms. The molecule has 4 rings (SSSR count). The van der Waals surface area contributed by atoms with Gasteiger partial charge in [-0.2, -0.15) is 5.10 Å². The molecule has 4 heterocycles. The topological polar surface area (TPSA) is 60.9 Å². The molecule has 0 fully saturated rings. The van der Waals surface area contributed by atoms with Gasteiger partial charge in [-0.3, -0.25) is 4.68 Å². The van der Waals surface area contributed by atoms with Crippen molar-refractivity contribution in [3.05, 3.63) is 41.6 Å². The summed E-state index contributed by atoms with van der Waals surface area (Å²) < 4.78 is 3.61. The minimum absolute atomic E-state index is 0.576. The molecule has 0 aliphatic heterocycles. The Hall–Kier alpha value is -2.28. The first-order valence-electron chi connectivity index (χ1n) is 5.87. The maximum absolute atomic E-state index is 4.59. The minimum Gasteiger partial charge on any atom is -0.262 e. The smallest absolute Gasteiger partial charge is 0.173 e. The Balaban J connectivity index is 1.85. The fourth-order valence-corrected chi connectivity index (χ4v) is 2.80. The second-order valence-corrected chi connectivity index (χ2v) is 5.21. The molecule has 6 nitrogen and oxygen atoms in total. The van der Waals surface area contributed by atoms with Crippen molar-refractivity contribution in [1.82, 2.24) is 29.4 Å². The predicted octanol–water partition coefficient (Wildman–Crippen LogP) is 1.89. The highest BCUT2D eigenvalue weighted by Gasteiger charge is 2.10. The zero-order valence-corrected chi connectivity index (χ0v) is 11.0. The maximum Gasteiger partial charge on any atom is 0.173 e. The highest BCUT2D eigenvalue weighted by atomic mass is 32.1. The summed E-state index contributed by atoms with van der Waals surface area (Å²) in [5, 5.41) is 11.8. The first kappa shape index (κ1) is 10.6. The molecule has 0 aliphatic carbocycles. The molecular formula is C12H10N6S. The van der Waals surface area contributed by atoms with Crippen molar-refractivity contribution in [2.75, 3.05) is 0 Å². The van der Waals surface area contributed by atoms with Gasteiger partial charge in [0.15, 0.2) is 11.5 Å². The van der Waals surface area contributed by atoms with E-state index in [0.29, 0.717) is 6.54 Å². The van der Waals surface area contributed by atoms with Crippen LogP contribution in [-0.4, -0.2) is 29.4 Å². The monoisotopic (exact) mass is 270 g/mol. The molecule has 0 saturated carbocycles. The molecule has 0 unspecified atom stereocenters. The number of thiophene rings is 1. The standard InChI is InChI=1S/C12H10N6S/c1-8-2-4-14-17(8)6-10-15-11-9-3-5-19-12(9)13-7-18(11)16-10/h2-5,7H,6H2,1H3. The van der Waals surface area contributed by atoms with Crippen molar-refractivity contribution in [2.24, 2.45) is 0 Å². The van der Waals surface area contributed by atoms with E-state index in [9.17, 15) is 0 Å². The number of aryl methyl sites for hydroxylation is 1. The summed E-state index contributed by atoms with van der Waals surface area (Å²) in [5.41, 5.74) is 1.95. The highest BCUT2D eigenvalue weighted by Crippen LogP contribution is 2.21. The minimum atomic E-state index is 0.576. The van der Waals surface area contributed by atoms with Gasteiger partial charge in [0.2, 0.25) is 0 Å². The van der Waals surface area contributed by atoms with Crippen LogP contribution in [0.1, 0.15) is 11.5 Å². The molecule has 7 heteroatoms. The summed E-state index contributed by atoms with van der Waals surface area (Å²) >= 11 is 1.61. The quantitative estimate of drug-likeness (QED) is 0.558. The van der Waals surface area contributed by atoms with E-state index < -0.39 is 0 Å². The lowest BCUT2D eigenvalue weighted by Crippen LogP contribution is -2.05. The van der Waals surface area contributed by atoms with Crippen molar-refractivity contribution in [1.29, 1.82) is 0 Å². The largest absolute Gasteiger partial charge is 0.262 e. The van der Waals surface area contributed by atoms with E-state index in [2.05, 4.69) is 20.2 Å². The van der Waals surface area contributed by atoms with Crippen LogP contribution in [0.4, 0.5) is 0 Å². The Kier molecular flexibility index (Phi) is 2.16. The van der Waals surface area contributed by atoms with Crippen molar-refractivity contribution >= 4 is 27.2 Å². The lowest BCUT2D eigenvalue weighted by atomic mass is 10.4. The van der Waals surface area contributed by atoms with Crippen LogP contribution >= 0.6 is 11.3 Å². The van der Waals surface area contributed by atoms with Crippen molar-refractivity contribution < 1.29 is 0 Å². The lowest BCUT2D eigenvalue weighted by molar-refractivity contribution is 0.635. The van der Waals surface area contributed by atoms with E-state index in [4.69, 9.17) is 0 Å². The van der Waals surface area contributed by atoms with Crippen LogP contribution in [-0.2, 0) is 6.54 Å². The molecular weight excluding hydrogens is 260 g/mol. The third kappa shape index (κ3) is 1.62. The Morgan fingerprint density at radius 2 is 2.26 bits per heavy atom. The summed E-state index contributed by atoms with van der Waals surface area (Å²) in [7, 11) is 0. The number of hydrogen-bond acceptors (Lipinski definition) is 5. The summed E-state index contributed by atoms with van der Waals surface area (Å²) in [5.74, 6) is 0.743. The van der Waals surface area contributed by atoms with Gasteiger partial charge in [-0.1, -0.05) is 0 Å². The van der Waals surface area contributed by atoms with E-state index >= 15 is 0 Å². The molecule has 0 saturated heterocycles. The van der Waals surface area contributed by atoms with Crippen molar-refractivity contribution in [3.63, 3.8) is 0 Å². The molecule has 4 aromatic rings. The lowest BCUT2D eigenvalue weighted by Gasteiger charge is -1.98. The normalized spacial score (nSPS) is 11.6. The highest BCUT2D eigenvalue weighted by molar-refractivity contribution is 7.16. The molecule has 0 atom stereocenters. The average molecular weight is 270 g/mol. The first-order valence-corrected chi connectivity index (χ1v) is 6.75. The predicted molar refractivity (Wildman–Crippen MR) is 72.2 cm³/mol. The Bertz CT molecular complexity index is 871. The van der Waals surface area contributed by atoms with Crippen LogP contribution < -0.4 is 0 Å². The van der Waals surface area contributed by atoms with Crippen LogP contribution in [0, 0.1) is 6.92 Å². The first-order chi connectivity index (χ1) is 9.31. The average Bonchev–Trinajstić information content (AvgIpc) is 3.09. The van der Waals surface area contributed by atoms with Crippen LogP contribution in [0.3, 0.4) is 0 Å². The van der Waals surface area contributed by atoms with E-state index in [1.54, 1.807) is 28.4 Å². The molecule has 0 bridgehead atoms. The van der Waals surface area contributed by atoms with Gasteiger partial charge >= 0.3 is 0 Å². The summed E-state index contributed by atoms with van der Waals surface area (Å²) in [6.07, 6.45) is 3.49. The zero-order valence-electron chi connectivity index (χ0n) is 10.2. The van der Waals surface area contributed by atoms with Gasteiger partial charge in [-0.05, 0) is 24.4 Å². The van der Waals surface area contributed by atoms with Gasteiger partial charge in [0.05, 0.1) is 5.39 Å². The zero-order chi connectivity index (χ0) is 12.8. The second kappa shape index (κ2) is 3.86. The molecule has 0 amide bonds. The van der Waals surface area contributed by atoms with Crippen LogP contribution in [0.15, 0.2) is 30.0 Å². The van der Waals surface area contributed by atoms with E-state index in [-0.39, 0.29) is 0 Å². The second-order valence-electron chi connectivity index (χ2n) is 4.31. The Morgan fingerprint density at radius 3 is 3.11 bits per heavy atom. The van der Waals surface area contributed by atoms with Gasteiger partial charge in [0, 0.05) is 11.9 Å². The number of rotatable bonds is 2. The van der Waals surface area contributed by atoms with Crippen LogP contribution in [0.25, 0.3) is 15.9 Å². The molecule has 0 N–H and O–H groups in total. The molecule has 0 aliphatic rings. The third-order valence-corrected chi connectivity index (χ3v) is 3.89. The number of aromatic nitrogens is 6. The summed E-state index contributed by atoms with van der Waals surface area (Å²) in [6.45, 7) is 2.59. The molecule has 0 radical (unpaired) electrons. The van der Waals surface area contributed by atoms with Gasteiger partial charge in [-0.15, -0.1) is 16.4 Å². The fraction of sp³-hybridized carbons (Fsp3) is 0.167. The van der Waals surface area contributed by atoms with E-state index in [0.717, 1.165) is 27.4 Å². The molecule has 0 spiro atoms. The van der Waals surface area contributed by atoms with Crippen LogP contribution in [0.2, 0.25) is 0 Å². The summed E-state index contributed by atoms with van der Waals surface area (Å²) in [4.78, 5) is 9.93. The van der Waals surface area contributed by atoms with Gasteiger partial charge < -0.3 is 0 Å². The molecule has 94 valence electrons. The maximum atomic E-state index is 4.59. The molecule has 0 aromatic carbocycles. The number of fused-ring (bicyclic) bond motifs is 3. The van der Waals surface area contributed by atoms with Gasteiger partial charge in [-0.25, -0.2) is 14.5 Å². The number of hydrogen-bond donors (Lipinski definition) is 0. The molecule has 4 aromatic heterocycles. The van der Waals surface area contributed by atoms with Crippen LogP contribution in [0.5, 0.6) is 0 Å². The number of nitrogens with zero attached hydrogens (tertiary/aromatic N) is 6. The van der Waals surface area contributed by atoms with Crippen molar-refractivity contribution in [3.8, 4) is 0 Å². The Labute approximate surface area is 112 Å². The summed E-state index contributed by atoms with van der Waals surface area (Å²) in [6, 6.07) is 3.99.